The van der Waals surface area contributed by atoms with Crippen LogP contribution in [0.15, 0.2) is 28.7 Å². The summed E-state index contributed by atoms with van der Waals surface area (Å²) in [6.45, 7) is 3.32. The van der Waals surface area contributed by atoms with Crippen LogP contribution in [-0.2, 0) is 11.0 Å². The second-order valence-corrected chi connectivity index (χ2v) is 6.65. The summed E-state index contributed by atoms with van der Waals surface area (Å²) in [5.41, 5.74) is 2.00. The molecule has 0 aliphatic rings. The van der Waals surface area contributed by atoms with Gasteiger partial charge >= 0.3 is 6.18 Å². The molecule has 0 radical (unpaired) electrons. The number of carbonyl (C=O) groups excluding carboxylic acids is 1. The van der Waals surface area contributed by atoms with E-state index in [1.165, 1.54) is 6.07 Å². The van der Waals surface area contributed by atoms with Crippen LogP contribution in [0.3, 0.4) is 0 Å². The molecule has 0 fully saturated rings. The van der Waals surface area contributed by atoms with E-state index in [2.05, 4.69) is 41.6 Å². The summed E-state index contributed by atoms with van der Waals surface area (Å²) in [6, 6.07) is 6.82. The smallest absolute Gasteiger partial charge is 0.361 e. The van der Waals surface area contributed by atoms with Crippen molar-refractivity contribution >= 4 is 39.1 Å². The number of rotatable bonds is 4. The lowest BCUT2D eigenvalue weighted by molar-refractivity contribution is -0.144. The standard InChI is InChI=1S/C16H14BrF3N6O/c1-8-5-10(3-4-11(8)17)23-13(27)7-21-12-6-9(2)22-15-24-14(16(18,19)20)25-26(12)15/h3-6,21H,7H2,1-2H3,(H,23,27). The molecule has 0 aliphatic carbocycles. The van der Waals surface area contributed by atoms with Gasteiger partial charge in [0.1, 0.15) is 5.82 Å². The topological polar surface area (TPSA) is 84.2 Å². The second-order valence-electron chi connectivity index (χ2n) is 5.79. The number of alkyl halides is 3. The summed E-state index contributed by atoms with van der Waals surface area (Å²) >= 11 is 3.38. The molecule has 2 N–H and O–H groups in total. The van der Waals surface area contributed by atoms with Gasteiger partial charge in [0, 0.05) is 21.9 Å². The lowest BCUT2D eigenvalue weighted by Crippen LogP contribution is -2.23. The molecular formula is C16H14BrF3N6O. The first-order valence-corrected chi connectivity index (χ1v) is 8.54. The van der Waals surface area contributed by atoms with Crippen LogP contribution in [0.1, 0.15) is 17.1 Å². The Balaban J connectivity index is 1.76. The molecule has 0 atom stereocenters. The highest BCUT2D eigenvalue weighted by molar-refractivity contribution is 9.10. The normalized spacial score (nSPS) is 11.6. The fraction of sp³-hybridized carbons (Fsp3) is 0.250. The highest BCUT2D eigenvalue weighted by Crippen LogP contribution is 2.27. The molecular weight excluding hydrogens is 429 g/mol. The van der Waals surface area contributed by atoms with Gasteiger partial charge in [0.05, 0.1) is 6.54 Å². The quantitative estimate of drug-likeness (QED) is 0.644. The highest BCUT2D eigenvalue weighted by Gasteiger charge is 2.36. The lowest BCUT2D eigenvalue weighted by Gasteiger charge is -2.10. The molecule has 0 unspecified atom stereocenters. The third-order valence-electron chi connectivity index (χ3n) is 3.57. The molecule has 7 nitrogen and oxygen atoms in total. The van der Waals surface area contributed by atoms with Crippen LogP contribution in [0.2, 0.25) is 0 Å². The van der Waals surface area contributed by atoms with Gasteiger partial charge in [-0.2, -0.15) is 22.7 Å². The Morgan fingerprint density at radius 1 is 1.22 bits per heavy atom. The molecule has 2 aromatic heterocycles. The summed E-state index contributed by atoms with van der Waals surface area (Å²) in [4.78, 5) is 19.5. The molecule has 0 saturated carbocycles. The number of halogens is 4. The SMILES string of the molecule is Cc1cc(NCC(=O)Nc2ccc(Br)c(C)c2)n2nc(C(F)(F)F)nc2n1. The number of amides is 1. The number of benzene rings is 1. The van der Waals surface area contributed by atoms with Crippen LogP contribution < -0.4 is 10.6 Å². The van der Waals surface area contributed by atoms with Crippen molar-refractivity contribution in [1.82, 2.24) is 19.6 Å². The van der Waals surface area contributed by atoms with Gasteiger partial charge in [-0.1, -0.05) is 15.9 Å². The molecule has 3 rings (SSSR count). The van der Waals surface area contributed by atoms with Crippen molar-refractivity contribution in [3.05, 3.63) is 45.8 Å². The van der Waals surface area contributed by atoms with Crippen LogP contribution in [-0.4, -0.2) is 32.0 Å². The fourth-order valence-corrected chi connectivity index (χ4v) is 2.58. The van der Waals surface area contributed by atoms with Crippen molar-refractivity contribution in [2.24, 2.45) is 0 Å². The molecule has 3 aromatic rings. The van der Waals surface area contributed by atoms with Gasteiger partial charge in [-0.3, -0.25) is 4.79 Å². The van der Waals surface area contributed by atoms with Crippen LogP contribution in [0.4, 0.5) is 24.7 Å². The number of carbonyl (C=O) groups is 1. The van der Waals surface area contributed by atoms with Gasteiger partial charge in [0.15, 0.2) is 0 Å². The van der Waals surface area contributed by atoms with E-state index in [9.17, 15) is 18.0 Å². The zero-order chi connectivity index (χ0) is 19.8. The lowest BCUT2D eigenvalue weighted by atomic mass is 10.2. The van der Waals surface area contributed by atoms with E-state index in [-0.39, 0.29) is 24.0 Å². The molecule has 0 spiro atoms. The van der Waals surface area contributed by atoms with Crippen molar-refractivity contribution in [2.45, 2.75) is 20.0 Å². The summed E-state index contributed by atoms with van der Waals surface area (Å²) in [5, 5.41) is 8.91. The average molecular weight is 443 g/mol. The predicted octanol–water partition coefficient (Wildman–Crippen LogP) is 3.57. The Morgan fingerprint density at radius 2 is 1.96 bits per heavy atom. The molecule has 1 amide bonds. The van der Waals surface area contributed by atoms with Crippen molar-refractivity contribution in [3.63, 3.8) is 0 Å². The van der Waals surface area contributed by atoms with E-state index in [1.54, 1.807) is 19.1 Å². The van der Waals surface area contributed by atoms with Crippen LogP contribution >= 0.6 is 15.9 Å². The number of hydrogen-bond acceptors (Lipinski definition) is 5. The predicted molar refractivity (Wildman–Crippen MR) is 96.5 cm³/mol. The van der Waals surface area contributed by atoms with Gasteiger partial charge < -0.3 is 10.6 Å². The Hall–Kier alpha value is -2.69. The molecule has 0 saturated heterocycles. The largest absolute Gasteiger partial charge is 0.453 e. The van der Waals surface area contributed by atoms with Gasteiger partial charge in [-0.15, -0.1) is 5.10 Å². The maximum atomic E-state index is 12.8. The van der Waals surface area contributed by atoms with Gasteiger partial charge in [0.25, 0.3) is 11.6 Å². The first-order valence-electron chi connectivity index (χ1n) is 7.75. The third-order valence-corrected chi connectivity index (χ3v) is 4.46. The van der Waals surface area contributed by atoms with E-state index in [1.807, 2.05) is 13.0 Å². The fourth-order valence-electron chi connectivity index (χ4n) is 2.33. The van der Waals surface area contributed by atoms with Crippen molar-refractivity contribution in [1.29, 1.82) is 0 Å². The summed E-state index contributed by atoms with van der Waals surface area (Å²) in [5.74, 6) is -1.68. The summed E-state index contributed by atoms with van der Waals surface area (Å²) < 4.78 is 40.3. The van der Waals surface area contributed by atoms with Gasteiger partial charge in [-0.25, -0.2) is 4.98 Å². The van der Waals surface area contributed by atoms with E-state index >= 15 is 0 Å². The number of hydrogen-bond donors (Lipinski definition) is 2. The van der Waals surface area contributed by atoms with Crippen LogP contribution in [0, 0.1) is 13.8 Å². The third kappa shape index (κ3) is 4.35. The molecule has 27 heavy (non-hydrogen) atoms. The molecule has 11 heteroatoms. The molecule has 0 aliphatic heterocycles. The number of fused-ring (bicyclic) bond motifs is 1. The van der Waals surface area contributed by atoms with Crippen molar-refractivity contribution in [3.8, 4) is 0 Å². The zero-order valence-corrected chi connectivity index (χ0v) is 15.8. The number of nitrogens with zero attached hydrogens (tertiary/aromatic N) is 4. The summed E-state index contributed by atoms with van der Waals surface area (Å²) in [7, 11) is 0. The minimum absolute atomic E-state index is 0.172. The second kappa shape index (κ2) is 7.14. The monoisotopic (exact) mass is 442 g/mol. The van der Waals surface area contributed by atoms with Gasteiger partial charge in [0.2, 0.25) is 5.91 Å². The number of aromatic nitrogens is 4. The maximum Gasteiger partial charge on any atom is 0.453 e. The highest BCUT2D eigenvalue weighted by atomic mass is 79.9. The van der Waals surface area contributed by atoms with Crippen LogP contribution in [0.25, 0.3) is 5.78 Å². The summed E-state index contributed by atoms with van der Waals surface area (Å²) in [6.07, 6.45) is -4.68. The minimum Gasteiger partial charge on any atom is -0.361 e. The molecule has 1 aromatic carbocycles. The van der Waals surface area contributed by atoms with E-state index < -0.39 is 12.0 Å². The van der Waals surface area contributed by atoms with E-state index in [0.717, 1.165) is 14.6 Å². The van der Waals surface area contributed by atoms with Gasteiger partial charge in [-0.05, 0) is 37.6 Å². The average Bonchev–Trinajstić information content (AvgIpc) is 3.00. The van der Waals surface area contributed by atoms with E-state index in [4.69, 9.17) is 0 Å². The first-order chi connectivity index (χ1) is 12.6. The number of nitrogens with one attached hydrogen (secondary N) is 2. The van der Waals surface area contributed by atoms with Crippen molar-refractivity contribution in [2.75, 3.05) is 17.2 Å². The number of aryl methyl sites for hydroxylation is 2. The molecule has 2 heterocycles. The Bertz CT molecular complexity index is 1020. The maximum absolute atomic E-state index is 12.8. The van der Waals surface area contributed by atoms with Crippen molar-refractivity contribution < 1.29 is 18.0 Å². The number of anilines is 2. The minimum atomic E-state index is -4.68. The first kappa shape index (κ1) is 19.1. The Labute approximate surface area is 160 Å². The molecule has 0 bridgehead atoms. The Morgan fingerprint density at radius 3 is 2.63 bits per heavy atom. The molecule has 142 valence electrons. The zero-order valence-electron chi connectivity index (χ0n) is 14.2. The Kier molecular flexibility index (Phi) is 5.05. The van der Waals surface area contributed by atoms with E-state index in [0.29, 0.717) is 11.4 Å². The van der Waals surface area contributed by atoms with Crippen LogP contribution in [0.5, 0.6) is 0 Å².